The number of halogens is 3. The van der Waals surface area contributed by atoms with Crippen LogP contribution in [0.2, 0.25) is 0 Å². The van der Waals surface area contributed by atoms with E-state index < -0.39 is 18.6 Å². The topological polar surface area (TPSA) is 40.5 Å². The Morgan fingerprint density at radius 3 is 2.35 bits per heavy atom. The van der Waals surface area contributed by atoms with Gasteiger partial charge in [-0.2, -0.15) is 13.2 Å². The largest absolute Gasteiger partial charge is 0.481 e. The smallest absolute Gasteiger partial charge is 0.390 e. The lowest BCUT2D eigenvalue weighted by atomic mass is 10.2. The second kappa shape index (κ2) is 7.89. The molecule has 0 aliphatic carbocycles. The maximum Gasteiger partial charge on any atom is 0.390 e. The fourth-order valence-corrected chi connectivity index (χ4v) is 1.85. The Balaban J connectivity index is 2.51. The number of hydrogen-bond acceptors (Lipinski definition) is 2. The van der Waals surface area contributed by atoms with Crippen LogP contribution in [-0.4, -0.2) is 35.2 Å². The van der Waals surface area contributed by atoms with Gasteiger partial charge >= 0.3 is 12.1 Å². The molecule has 3 nitrogen and oxygen atoms in total. The third-order valence-corrected chi connectivity index (χ3v) is 2.83. The zero-order chi connectivity index (χ0) is 15.0. The summed E-state index contributed by atoms with van der Waals surface area (Å²) in [5.74, 6) is -0.930. The van der Waals surface area contributed by atoms with Crippen LogP contribution in [0.3, 0.4) is 0 Å². The van der Waals surface area contributed by atoms with Crippen LogP contribution in [-0.2, 0) is 11.3 Å². The standard InChI is InChI=1S/C14H18F3NO2/c15-14(16,17)8-10-18(9-4-7-13(19)20)11-12-5-2-1-3-6-12/h1-3,5-6H,4,7-11H2,(H,19,20). The molecule has 0 bridgehead atoms. The summed E-state index contributed by atoms with van der Waals surface area (Å²) >= 11 is 0. The number of rotatable bonds is 8. The fourth-order valence-electron chi connectivity index (χ4n) is 1.85. The third kappa shape index (κ3) is 7.78. The van der Waals surface area contributed by atoms with E-state index in [0.29, 0.717) is 19.5 Å². The van der Waals surface area contributed by atoms with Gasteiger partial charge in [-0.1, -0.05) is 30.3 Å². The van der Waals surface area contributed by atoms with E-state index in [2.05, 4.69) is 0 Å². The van der Waals surface area contributed by atoms with Crippen molar-refractivity contribution >= 4 is 5.97 Å². The van der Waals surface area contributed by atoms with Crippen LogP contribution in [0, 0.1) is 0 Å². The Kier molecular flexibility index (Phi) is 6.51. The highest BCUT2D eigenvalue weighted by Crippen LogP contribution is 2.20. The molecule has 1 aromatic carbocycles. The molecule has 0 fully saturated rings. The quantitative estimate of drug-likeness (QED) is 0.798. The van der Waals surface area contributed by atoms with E-state index in [-0.39, 0.29) is 13.0 Å². The lowest BCUT2D eigenvalue weighted by molar-refractivity contribution is -0.140. The summed E-state index contributed by atoms with van der Waals surface area (Å²) in [7, 11) is 0. The summed E-state index contributed by atoms with van der Waals surface area (Å²) in [6, 6.07) is 9.19. The maximum absolute atomic E-state index is 12.3. The first-order chi connectivity index (χ1) is 9.37. The molecule has 1 aromatic rings. The van der Waals surface area contributed by atoms with Crippen molar-refractivity contribution in [3.05, 3.63) is 35.9 Å². The lowest BCUT2D eigenvalue weighted by Gasteiger charge is -2.22. The molecule has 0 heterocycles. The molecule has 1 N–H and O–H groups in total. The molecule has 112 valence electrons. The summed E-state index contributed by atoms with van der Waals surface area (Å²) in [6.07, 6.45) is -4.76. The molecule has 0 spiro atoms. The highest BCUT2D eigenvalue weighted by Gasteiger charge is 2.27. The summed E-state index contributed by atoms with van der Waals surface area (Å²) in [4.78, 5) is 12.1. The molecule has 0 saturated heterocycles. The van der Waals surface area contributed by atoms with Crippen molar-refractivity contribution in [2.45, 2.75) is 32.0 Å². The molecular weight excluding hydrogens is 271 g/mol. The van der Waals surface area contributed by atoms with Crippen molar-refractivity contribution in [2.24, 2.45) is 0 Å². The number of benzene rings is 1. The molecular formula is C14H18F3NO2. The van der Waals surface area contributed by atoms with Gasteiger partial charge in [-0.25, -0.2) is 0 Å². The monoisotopic (exact) mass is 289 g/mol. The number of nitrogens with zero attached hydrogens (tertiary/aromatic N) is 1. The van der Waals surface area contributed by atoms with Gasteiger partial charge in [0.05, 0.1) is 6.42 Å². The van der Waals surface area contributed by atoms with Gasteiger partial charge in [0, 0.05) is 19.5 Å². The van der Waals surface area contributed by atoms with E-state index in [9.17, 15) is 18.0 Å². The molecule has 0 aliphatic rings. The van der Waals surface area contributed by atoms with Crippen molar-refractivity contribution in [1.82, 2.24) is 4.90 Å². The third-order valence-electron chi connectivity index (χ3n) is 2.83. The molecule has 0 unspecified atom stereocenters. The molecule has 0 aliphatic heterocycles. The number of aliphatic carboxylic acids is 1. The van der Waals surface area contributed by atoms with Gasteiger partial charge in [0.25, 0.3) is 0 Å². The average molecular weight is 289 g/mol. The van der Waals surface area contributed by atoms with Crippen molar-refractivity contribution < 1.29 is 23.1 Å². The van der Waals surface area contributed by atoms with E-state index in [1.807, 2.05) is 30.3 Å². The van der Waals surface area contributed by atoms with Crippen LogP contribution in [0.15, 0.2) is 30.3 Å². The average Bonchev–Trinajstić information content (AvgIpc) is 2.35. The summed E-state index contributed by atoms with van der Waals surface area (Å²) in [5.41, 5.74) is 0.921. The van der Waals surface area contributed by atoms with Gasteiger partial charge in [-0.3, -0.25) is 9.69 Å². The van der Waals surface area contributed by atoms with Crippen molar-refractivity contribution in [2.75, 3.05) is 13.1 Å². The Morgan fingerprint density at radius 2 is 1.80 bits per heavy atom. The van der Waals surface area contributed by atoms with E-state index in [4.69, 9.17) is 5.11 Å². The minimum Gasteiger partial charge on any atom is -0.481 e. The summed E-state index contributed by atoms with van der Waals surface area (Å²) in [5, 5.41) is 8.58. The molecule has 0 aromatic heterocycles. The second-order valence-corrected chi connectivity index (χ2v) is 4.62. The highest BCUT2D eigenvalue weighted by molar-refractivity contribution is 5.66. The van der Waals surface area contributed by atoms with Crippen LogP contribution >= 0.6 is 0 Å². The first-order valence-electron chi connectivity index (χ1n) is 6.41. The predicted molar refractivity (Wildman–Crippen MR) is 69.3 cm³/mol. The molecule has 1 rings (SSSR count). The first kappa shape index (κ1) is 16.5. The fraction of sp³-hybridized carbons (Fsp3) is 0.500. The van der Waals surface area contributed by atoms with Crippen LogP contribution in [0.4, 0.5) is 13.2 Å². The Labute approximate surface area is 116 Å². The van der Waals surface area contributed by atoms with Crippen LogP contribution in [0.5, 0.6) is 0 Å². The van der Waals surface area contributed by atoms with Gasteiger partial charge in [-0.05, 0) is 18.5 Å². The molecule has 0 radical (unpaired) electrons. The SMILES string of the molecule is O=C(O)CCCN(CCC(F)(F)F)Cc1ccccc1. The number of carboxylic acids is 1. The summed E-state index contributed by atoms with van der Waals surface area (Å²) in [6.45, 7) is 0.631. The molecule has 6 heteroatoms. The Bertz CT molecular complexity index is 407. The van der Waals surface area contributed by atoms with Gasteiger partial charge in [0.1, 0.15) is 0 Å². The number of carboxylic acid groups (broad SMARTS) is 1. The molecule has 0 atom stereocenters. The van der Waals surface area contributed by atoms with E-state index in [1.54, 1.807) is 4.90 Å². The minimum atomic E-state index is -4.19. The van der Waals surface area contributed by atoms with Crippen LogP contribution < -0.4 is 0 Å². The molecule has 0 amide bonds. The zero-order valence-electron chi connectivity index (χ0n) is 11.1. The van der Waals surface area contributed by atoms with Gasteiger partial charge in [0.15, 0.2) is 0 Å². The first-order valence-corrected chi connectivity index (χ1v) is 6.41. The van der Waals surface area contributed by atoms with Crippen molar-refractivity contribution in [3.8, 4) is 0 Å². The Hall–Kier alpha value is -1.56. The summed E-state index contributed by atoms with van der Waals surface area (Å²) < 4.78 is 36.9. The van der Waals surface area contributed by atoms with Crippen LogP contribution in [0.1, 0.15) is 24.8 Å². The van der Waals surface area contributed by atoms with Gasteiger partial charge in [0.2, 0.25) is 0 Å². The maximum atomic E-state index is 12.3. The number of carbonyl (C=O) groups is 1. The van der Waals surface area contributed by atoms with Crippen molar-refractivity contribution in [1.29, 1.82) is 0 Å². The molecule has 20 heavy (non-hydrogen) atoms. The van der Waals surface area contributed by atoms with Gasteiger partial charge < -0.3 is 5.11 Å². The molecule has 0 saturated carbocycles. The second-order valence-electron chi connectivity index (χ2n) is 4.62. The van der Waals surface area contributed by atoms with Gasteiger partial charge in [-0.15, -0.1) is 0 Å². The van der Waals surface area contributed by atoms with E-state index >= 15 is 0 Å². The van der Waals surface area contributed by atoms with E-state index in [0.717, 1.165) is 5.56 Å². The minimum absolute atomic E-state index is 0.0304. The van der Waals surface area contributed by atoms with Crippen LogP contribution in [0.25, 0.3) is 0 Å². The zero-order valence-corrected chi connectivity index (χ0v) is 11.1. The Morgan fingerprint density at radius 1 is 1.15 bits per heavy atom. The number of hydrogen-bond donors (Lipinski definition) is 1. The highest BCUT2D eigenvalue weighted by atomic mass is 19.4. The predicted octanol–water partition coefficient (Wildman–Crippen LogP) is 3.31. The lowest BCUT2D eigenvalue weighted by Crippen LogP contribution is -2.29. The normalized spacial score (nSPS) is 11.8. The van der Waals surface area contributed by atoms with Crippen molar-refractivity contribution in [3.63, 3.8) is 0 Å². The van der Waals surface area contributed by atoms with E-state index in [1.165, 1.54) is 0 Å². The number of alkyl halides is 3.